The third-order valence-electron chi connectivity index (χ3n) is 3.75. The van der Waals surface area contributed by atoms with Gasteiger partial charge in [-0.25, -0.2) is 9.97 Å². The molecule has 0 spiro atoms. The summed E-state index contributed by atoms with van der Waals surface area (Å²) in [6, 6.07) is 5.84. The van der Waals surface area contributed by atoms with E-state index in [9.17, 15) is 4.79 Å². The number of rotatable bonds is 2. The highest BCUT2D eigenvalue weighted by molar-refractivity contribution is 5.98. The fraction of sp³-hybridized carbons (Fsp3) is 0.133. The molecule has 0 unspecified atom stereocenters. The normalized spacial score (nSPS) is 13.3. The fourth-order valence-corrected chi connectivity index (χ4v) is 2.70. The van der Waals surface area contributed by atoms with Crippen molar-refractivity contribution in [2.75, 3.05) is 12.4 Å². The predicted molar refractivity (Wildman–Crippen MR) is 79.1 cm³/mol. The molecule has 0 radical (unpaired) electrons. The van der Waals surface area contributed by atoms with Gasteiger partial charge in [-0.15, -0.1) is 0 Å². The molecule has 21 heavy (non-hydrogen) atoms. The first-order valence-corrected chi connectivity index (χ1v) is 6.69. The molecular formula is C15H13N5O. The van der Waals surface area contributed by atoms with Crippen LogP contribution < -0.4 is 10.6 Å². The Balaban J connectivity index is 1.91. The number of carbonyl (C=O) groups excluding carboxylic acids is 1. The molecule has 1 aromatic carbocycles. The fourth-order valence-electron chi connectivity index (χ4n) is 2.70. The maximum absolute atomic E-state index is 11.6. The second kappa shape index (κ2) is 4.31. The van der Waals surface area contributed by atoms with E-state index in [1.807, 2.05) is 42.0 Å². The SMILES string of the molecule is CNc1ncc(-c2ccc3c(c2)CNC3=O)n2ccnc12. The van der Waals surface area contributed by atoms with E-state index >= 15 is 0 Å². The highest BCUT2D eigenvalue weighted by Crippen LogP contribution is 2.26. The third kappa shape index (κ3) is 1.69. The van der Waals surface area contributed by atoms with E-state index in [0.29, 0.717) is 6.54 Å². The van der Waals surface area contributed by atoms with E-state index in [1.165, 1.54) is 0 Å². The summed E-state index contributed by atoms with van der Waals surface area (Å²) in [6.45, 7) is 0.580. The molecule has 3 heterocycles. The molecule has 0 saturated heterocycles. The van der Waals surface area contributed by atoms with Crippen molar-refractivity contribution in [2.24, 2.45) is 0 Å². The number of anilines is 1. The zero-order valence-corrected chi connectivity index (χ0v) is 11.4. The Bertz CT molecular complexity index is 868. The maximum Gasteiger partial charge on any atom is 0.251 e. The van der Waals surface area contributed by atoms with Gasteiger partial charge in [0.15, 0.2) is 11.5 Å². The van der Waals surface area contributed by atoms with Gasteiger partial charge in [-0.3, -0.25) is 9.20 Å². The summed E-state index contributed by atoms with van der Waals surface area (Å²) >= 11 is 0. The van der Waals surface area contributed by atoms with Gasteiger partial charge in [0.1, 0.15) is 0 Å². The number of fused-ring (bicyclic) bond motifs is 2. The van der Waals surface area contributed by atoms with E-state index in [0.717, 1.165) is 33.8 Å². The Labute approximate surface area is 120 Å². The summed E-state index contributed by atoms with van der Waals surface area (Å²) < 4.78 is 1.99. The second-order valence-electron chi connectivity index (χ2n) is 4.92. The van der Waals surface area contributed by atoms with Crippen molar-refractivity contribution < 1.29 is 4.79 Å². The maximum atomic E-state index is 11.6. The van der Waals surface area contributed by atoms with E-state index in [4.69, 9.17) is 0 Å². The number of aromatic nitrogens is 3. The Morgan fingerprint density at radius 2 is 2.24 bits per heavy atom. The first kappa shape index (κ1) is 11.9. The number of amides is 1. The van der Waals surface area contributed by atoms with Crippen LogP contribution in [0.2, 0.25) is 0 Å². The molecule has 0 fully saturated rings. The van der Waals surface area contributed by atoms with Crippen LogP contribution in [0, 0.1) is 0 Å². The van der Waals surface area contributed by atoms with E-state index in [1.54, 1.807) is 6.20 Å². The van der Waals surface area contributed by atoms with Crippen LogP contribution >= 0.6 is 0 Å². The summed E-state index contributed by atoms with van der Waals surface area (Å²) in [4.78, 5) is 20.4. The first-order chi connectivity index (χ1) is 10.3. The quantitative estimate of drug-likeness (QED) is 0.748. The van der Waals surface area contributed by atoms with Gasteiger partial charge in [-0.2, -0.15) is 0 Å². The van der Waals surface area contributed by atoms with Crippen LogP contribution in [0.1, 0.15) is 15.9 Å². The Kier molecular flexibility index (Phi) is 2.44. The van der Waals surface area contributed by atoms with Crippen LogP contribution in [0.15, 0.2) is 36.8 Å². The lowest BCUT2D eigenvalue weighted by Crippen LogP contribution is -2.12. The zero-order chi connectivity index (χ0) is 14.4. The highest BCUT2D eigenvalue weighted by atomic mass is 16.1. The number of nitrogens with one attached hydrogen (secondary N) is 2. The molecule has 6 nitrogen and oxygen atoms in total. The minimum atomic E-state index is -0.00650. The van der Waals surface area contributed by atoms with Crippen LogP contribution in [0.3, 0.4) is 0 Å². The molecule has 1 aliphatic rings. The standard InChI is InChI=1S/C15H13N5O/c1-16-13-14-17-4-5-20(14)12(8-18-13)9-2-3-11-10(6-9)7-19-15(11)21/h2-6,8H,7H2,1H3,(H,16,18)(H,19,21). The molecule has 0 atom stereocenters. The molecule has 0 saturated carbocycles. The van der Waals surface area contributed by atoms with Crippen molar-refractivity contribution >= 4 is 17.4 Å². The molecule has 0 bridgehead atoms. The smallest absolute Gasteiger partial charge is 0.251 e. The largest absolute Gasteiger partial charge is 0.370 e. The van der Waals surface area contributed by atoms with E-state index in [-0.39, 0.29) is 5.91 Å². The van der Waals surface area contributed by atoms with Crippen molar-refractivity contribution in [2.45, 2.75) is 6.54 Å². The molecular weight excluding hydrogens is 266 g/mol. The van der Waals surface area contributed by atoms with Crippen LogP contribution in [-0.2, 0) is 6.54 Å². The molecule has 1 aliphatic heterocycles. The van der Waals surface area contributed by atoms with E-state index in [2.05, 4.69) is 20.6 Å². The summed E-state index contributed by atoms with van der Waals surface area (Å²) in [5.74, 6) is 0.731. The van der Waals surface area contributed by atoms with Crippen LogP contribution in [0.4, 0.5) is 5.82 Å². The van der Waals surface area contributed by atoms with Gasteiger partial charge >= 0.3 is 0 Å². The lowest BCUT2D eigenvalue weighted by molar-refractivity contribution is 0.0966. The summed E-state index contributed by atoms with van der Waals surface area (Å²) in [5.41, 5.74) is 4.51. The van der Waals surface area contributed by atoms with Crippen LogP contribution in [0.5, 0.6) is 0 Å². The Morgan fingerprint density at radius 1 is 1.33 bits per heavy atom. The number of carbonyl (C=O) groups is 1. The number of hydrogen-bond acceptors (Lipinski definition) is 4. The van der Waals surface area contributed by atoms with Gasteiger partial charge in [-0.1, -0.05) is 6.07 Å². The predicted octanol–water partition coefficient (Wildman–Crippen LogP) is 1.68. The summed E-state index contributed by atoms with van der Waals surface area (Å²) in [7, 11) is 1.82. The zero-order valence-electron chi connectivity index (χ0n) is 11.4. The van der Waals surface area contributed by atoms with Crippen molar-refractivity contribution in [3.63, 3.8) is 0 Å². The average molecular weight is 279 g/mol. The molecule has 2 N–H and O–H groups in total. The highest BCUT2D eigenvalue weighted by Gasteiger charge is 2.19. The molecule has 3 aromatic rings. The van der Waals surface area contributed by atoms with Crippen molar-refractivity contribution in [3.8, 4) is 11.3 Å². The summed E-state index contributed by atoms with van der Waals surface area (Å²) in [6.07, 6.45) is 5.47. The molecule has 1 amide bonds. The van der Waals surface area contributed by atoms with Gasteiger partial charge in [0.05, 0.1) is 11.9 Å². The van der Waals surface area contributed by atoms with Crippen LogP contribution in [0.25, 0.3) is 16.9 Å². The number of nitrogens with zero attached hydrogens (tertiary/aromatic N) is 3. The second-order valence-corrected chi connectivity index (χ2v) is 4.92. The lowest BCUT2D eigenvalue weighted by atomic mass is 10.0. The molecule has 6 heteroatoms. The average Bonchev–Trinajstić information content (AvgIpc) is 3.13. The van der Waals surface area contributed by atoms with Crippen molar-refractivity contribution in [1.82, 2.24) is 19.7 Å². The molecule has 4 rings (SSSR count). The van der Waals surface area contributed by atoms with Gasteiger partial charge < -0.3 is 10.6 Å². The Hall–Kier alpha value is -2.89. The number of benzene rings is 1. The molecule has 2 aromatic heterocycles. The van der Waals surface area contributed by atoms with Gasteiger partial charge in [0, 0.05) is 37.1 Å². The lowest BCUT2D eigenvalue weighted by Gasteiger charge is -2.09. The van der Waals surface area contributed by atoms with Crippen LogP contribution in [-0.4, -0.2) is 27.3 Å². The topological polar surface area (TPSA) is 71.3 Å². The summed E-state index contributed by atoms with van der Waals surface area (Å²) in [5, 5.41) is 5.86. The third-order valence-corrected chi connectivity index (χ3v) is 3.75. The molecule has 104 valence electrons. The first-order valence-electron chi connectivity index (χ1n) is 6.69. The minimum Gasteiger partial charge on any atom is -0.370 e. The van der Waals surface area contributed by atoms with Gasteiger partial charge in [0.25, 0.3) is 5.91 Å². The molecule has 0 aliphatic carbocycles. The van der Waals surface area contributed by atoms with Gasteiger partial charge in [-0.05, 0) is 17.7 Å². The minimum absolute atomic E-state index is 0.00650. The van der Waals surface area contributed by atoms with Gasteiger partial charge in [0.2, 0.25) is 0 Å². The number of imidazole rings is 1. The van der Waals surface area contributed by atoms with Crippen molar-refractivity contribution in [3.05, 3.63) is 47.9 Å². The van der Waals surface area contributed by atoms with Crippen molar-refractivity contribution in [1.29, 1.82) is 0 Å². The number of hydrogen-bond donors (Lipinski definition) is 2. The van der Waals surface area contributed by atoms with E-state index < -0.39 is 0 Å². The Morgan fingerprint density at radius 3 is 3.10 bits per heavy atom. The monoisotopic (exact) mass is 279 g/mol.